The van der Waals surface area contributed by atoms with E-state index in [1.165, 1.54) is 6.16 Å². The summed E-state index contributed by atoms with van der Waals surface area (Å²) < 4.78 is 0. The Morgan fingerprint density at radius 2 is 2.00 bits per heavy atom. The second-order valence-corrected chi connectivity index (χ2v) is 2.82. The summed E-state index contributed by atoms with van der Waals surface area (Å²) in [6, 6.07) is 0. The van der Waals surface area contributed by atoms with Crippen molar-refractivity contribution in [3.63, 3.8) is 0 Å². The lowest BCUT2D eigenvalue weighted by Crippen LogP contribution is -1.85. The molecule has 0 nitrogen and oxygen atoms in total. The molecule has 0 rings (SSSR count). The highest BCUT2D eigenvalue weighted by Crippen LogP contribution is 1.99. The molecule has 0 amide bonds. The number of hydrogen-bond donors (Lipinski definition) is 0. The molecule has 0 saturated carbocycles. The highest BCUT2D eigenvalue weighted by molar-refractivity contribution is 7.22. The van der Waals surface area contributed by atoms with Crippen LogP contribution in [-0.4, -0.2) is 11.8 Å². The first-order valence-electron chi connectivity index (χ1n) is 1.73. The van der Waals surface area contributed by atoms with E-state index in [0.717, 1.165) is 5.66 Å². The fourth-order valence-electron chi connectivity index (χ4n) is 0. The van der Waals surface area contributed by atoms with Crippen LogP contribution < -0.4 is 0 Å². The van der Waals surface area contributed by atoms with Crippen LogP contribution in [0.1, 0.15) is 6.92 Å². The largest absolute Gasteiger partial charge is 0.137 e. The molecule has 0 aliphatic rings. The minimum absolute atomic E-state index is 0.764. The first-order chi connectivity index (χ1) is 2.27. The lowest BCUT2D eigenvalue weighted by atomic mass is 10.6. The average molecular weight is 108 g/mol. The standard InChI is InChI=1S/C3H10P2/c1-3(5)2-4/h3H,2,4-5H2,1H3/t3-/m1/s1. The molecule has 0 heterocycles. The van der Waals surface area contributed by atoms with Crippen molar-refractivity contribution >= 4 is 18.5 Å². The van der Waals surface area contributed by atoms with Crippen LogP contribution in [0.3, 0.4) is 0 Å². The van der Waals surface area contributed by atoms with E-state index in [0.29, 0.717) is 0 Å². The zero-order chi connectivity index (χ0) is 4.28. The molecule has 0 fully saturated rings. The van der Waals surface area contributed by atoms with Gasteiger partial charge >= 0.3 is 0 Å². The third kappa shape index (κ3) is 4.86. The molecule has 3 atom stereocenters. The third-order valence-corrected chi connectivity index (χ3v) is 1.93. The fourth-order valence-corrected chi connectivity index (χ4v) is 0. The SMILES string of the molecule is C[C@@H](P)CP. The molecule has 0 bridgehead atoms. The van der Waals surface area contributed by atoms with Crippen LogP contribution in [0.2, 0.25) is 0 Å². The topological polar surface area (TPSA) is 0 Å². The molecule has 32 valence electrons. The molecule has 0 saturated heterocycles. The molecule has 0 aromatic heterocycles. The van der Waals surface area contributed by atoms with Crippen molar-refractivity contribution in [1.82, 2.24) is 0 Å². The minimum Gasteiger partial charge on any atom is -0.137 e. The van der Waals surface area contributed by atoms with Gasteiger partial charge in [-0.05, 0) is 11.8 Å². The van der Waals surface area contributed by atoms with Gasteiger partial charge in [-0.25, -0.2) is 0 Å². The number of rotatable bonds is 1. The predicted molar refractivity (Wildman–Crippen MR) is 33.7 cm³/mol. The Labute approximate surface area is 38.1 Å². The van der Waals surface area contributed by atoms with Gasteiger partial charge < -0.3 is 0 Å². The summed E-state index contributed by atoms with van der Waals surface area (Å²) in [5.41, 5.74) is 0.764. The van der Waals surface area contributed by atoms with E-state index in [1.54, 1.807) is 0 Å². The summed E-state index contributed by atoms with van der Waals surface area (Å²) in [6.07, 6.45) is 1.19. The highest BCUT2D eigenvalue weighted by atomic mass is 31.0. The van der Waals surface area contributed by atoms with Crippen LogP contribution in [0.5, 0.6) is 0 Å². The van der Waals surface area contributed by atoms with E-state index < -0.39 is 0 Å². The van der Waals surface area contributed by atoms with Crippen LogP contribution >= 0.6 is 18.5 Å². The van der Waals surface area contributed by atoms with Crippen LogP contribution in [-0.2, 0) is 0 Å². The summed E-state index contributed by atoms with van der Waals surface area (Å²) in [5, 5.41) is 0. The summed E-state index contributed by atoms with van der Waals surface area (Å²) in [4.78, 5) is 0. The summed E-state index contributed by atoms with van der Waals surface area (Å²) >= 11 is 0. The predicted octanol–water partition coefficient (Wildman–Crippen LogP) is 1.13. The highest BCUT2D eigenvalue weighted by Gasteiger charge is 1.80. The van der Waals surface area contributed by atoms with Gasteiger partial charge in [0.25, 0.3) is 0 Å². The third-order valence-electron chi connectivity index (χ3n) is 0.372. The van der Waals surface area contributed by atoms with E-state index in [4.69, 9.17) is 0 Å². The Morgan fingerprint density at radius 3 is 2.00 bits per heavy atom. The molecule has 0 aromatic carbocycles. The zero-order valence-electron chi connectivity index (χ0n) is 3.44. The molecule has 0 radical (unpaired) electrons. The van der Waals surface area contributed by atoms with Crippen molar-refractivity contribution in [2.24, 2.45) is 0 Å². The molecule has 2 unspecified atom stereocenters. The van der Waals surface area contributed by atoms with Gasteiger partial charge in [-0.1, -0.05) is 6.92 Å². The van der Waals surface area contributed by atoms with Crippen molar-refractivity contribution in [2.45, 2.75) is 12.6 Å². The van der Waals surface area contributed by atoms with Crippen molar-refractivity contribution in [3.05, 3.63) is 0 Å². The molecular weight excluding hydrogens is 98.0 g/mol. The maximum atomic E-state index is 2.71. The van der Waals surface area contributed by atoms with Gasteiger partial charge in [-0.3, -0.25) is 0 Å². The molecule has 0 spiro atoms. The second-order valence-electron chi connectivity index (χ2n) is 1.21. The van der Waals surface area contributed by atoms with Gasteiger partial charge in [-0.2, -0.15) is 0 Å². The van der Waals surface area contributed by atoms with Crippen LogP contribution in [0, 0.1) is 0 Å². The van der Waals surface area contributed by atoms with Gasteiger partial charge in [0.2, 0.25) is 0 Å². The van der Waals surface area contributed by atoms with E-state index in [9.17, 15) is 0 Å². The van der Waals surface area contributed by atoms with E-state index in [-0.39, 0.29) is 0 Å². The Balaban J connectivity index is 2.54. The molecule has 5 heavy (non-hydrogen) atoms. The Morgan fingerprint density at radius 1 is 1.80 bits per heavy atom. The van der Waals surface area contributed by atoms with Gasteiger partial charge in [-0.15, -0.1) is 18.5 Å². The second kappa shape index (κ2) is 3.07. The van der Waals surface area contributed by atoms with E-state index >= 15 is 0 Å². The molecule has 2 heteroatoms. The minimum atomic E-state index is 0.764. The van der Waals surface area contributed by atoms with E-state index in [1.807, 2.05) is 0 Å². The first kappa shape index (κ1) is 5.86. The normalized spacial score (nSPS) is 15.0. The molecule has 0 aliphatic carbocycles. The van der Waals surface area contributed by atoms with Crippen molar-refractivity contribution in [3.8, 4) is 0 Å². The lowest BCUT2D eigenvalue weighted by Gasteiger charge is -1.90. The van der Waals surface area contributed by atoms with E-state index in [2.05, 4.69) is 25.4 Å². The maximum absolute atomic E-state index is 2.71. The van der Waals surface area contributed by atoms with Crippen LogP contribution in [0.4, 0.5) is 0 Å². The number of hydrogen-bond acceptors (Lipinski definition) is 0. The summed E-state index contributed by atoms with van der Waals surface area (Å²) in [7, 11) is 5.39. The van der Waals surface area contributed by atoms with Crippen molar-refractivity contribution in [2.75, 3.05) is 6.16 Å². The summed E-state index contributed by atoms with van der Waals surface area (Å²) in [6.45, 7) is 2.16. The van der Waals surface area contributed by atoms with Crippen molar-refractivity contribution < 1.29 is 0 Å². The first-order valence-corrected chi connectivity index (χ1v) is 3.21. The quantitative estimate of drug-likeness (QED) is 0.441. The lowest BCUT2D eigenvalue weighted by molar-refractivity contribution is 1.14. The zero-order valence-corrected chi connectivity index (χ0v) is 5.75. The van der Waals surface area contributed by atoms with Gasteiger partial charge in [0.15, 0.2) is 0 Å². The van der Waals surface area contributed by atoms with Gasteiger partial charge in [0.1, 0.15) is 0 Å². The van der Waals surface area contributed by atoms with Crippen LogP contribution in [0.15, 0.2) is 0 Å². The molecule has 0 aromatic rings. The van der Waals surface area contributed by atoms with Crippen molar-refractivity contribution in [1.29, 1.82) is 0 Å². The average Bonchev–Trinajstić information content (AvgIpc) is 1.38. The Kier molecular flexibility index (Phi) is 3.59. The fraction of sp³-hybridized carbons (Fsp3) is 1.00. The summed E-state index contributed by atoms with van der Waals surface area (Å²) in [5.74, 6) is 0. The van der Waals surface area contributed by atoms with Crippen LogP contribution in [0.25, 0.3) is 0 Å². The Hall–Kier alpha value is 0.860. The smallest absolute Gasteiger partial charge is 0.0258 e. The molecular formula is C3H10P2. The molecule has 0 N–H and O–H groups in total. The van der Waals surface area contributed by atoms with Gasteiger partial charge in [0.05, 0.1) is 0 Å². The monoisotopic (exact) mass is 108 g/mol. The van der Waals surface area contributed by atoms with Gasteiger partial charge in [0, 0.05) is 0 Å². The Bertz CT molecular complexity index is 18.9. The maximum Gasteiger partial charge on any atom is -0.0258 e. The molecule has 0 aliphatic heterocycles.